The Bertz CT molecular complexity index is 315. The molecular formula is C14H25N3O. The van der Waals surface area contributed by atoms with Gasteiger partial charge in [-0.3, -0.25) is 9.69 Å². The van der Waals surface area contributed by atoms with Crippen molar-refractivity contribution in [2.75, 3.05) is 32.7 Å². The van der Waals surface area contributed by atoms with Gasteiger partial charge in [-0.1, -0.05) is 0 Å². The van der Waals surface area contributed by atoms with E-state index in [9.17, 15) is 4.79 Å². The Morgan fingerprint density at radius 3 is 2.33 bits per heavy atom. The lowest BCUT2D eigenvalue weighted by Crippen LogP contribution is -2.53. The highest BCUT2D eigenvalue weighted by Gasteiger charge is 2.48. The smallest absolute Gasteiger partial charge is 0.225 e. The van der Waals surface area contributed by atoms with Crippen LogP contribution in [-0.2, 0) is 4.79 Å². The van der Waals surface area contributed by atoms with Crippen molar-refractivity contribution in [3.05, 3.63) is 0 Å². The molecule has 0 radical (unpaired) electrons. The average molecular weight is 251 g/mol. The summed E-state index contributed by atoms with van der Waals surface area (Å²) in [7, 11) is 0. The number of fused-ring (bicyclic) bond motifs is 1. The van der Waals surface area contributed by atoms with Crippen molar-refractivity contribution in [1.29, 1.82) is 0 Å². The van der Waals surface area contributed by atoms with Crippen LogP contribution in [0.2, 0.25) is 0 Å². The molecule has 1 heterocycles. The summed E-state index contributed by atoms with van der Waals surface area (Å²) in [4.78, 5) is 16.9. The van der Waals surface area contributed by atoms with Crippen LogP contribution < -0.4 is 5.73 Å². The van der Waals surface area contributed by atoms with Crippen LogP contribution in [0.5, 0.6) is 0 Å². The number of hydrogen-bond donors (Lipinski definition) is 1. The van der Waals surface area contributed by atoms with E-state index in [0.29, 0.717) is 24.4 Å². The standard InChI is InChI=1S/C14H25N3O/c1-10(9-15)16-2-4-17(5-3-16)14(18)13-7-11-6-12(11)8-13/h10-13H,2-9,15H2,1H3. The topological polar surface area (TPSA) is 49.6 Å². The lowest BCUT2D eigenvalue weighted by atomic mass is 10.0. The molecule has 3 aliphatic rings. The van der Waals surface area contributed by atoms with Gasteiger partial charge in [0, 0.05) is 44.7 Å². The Hall–Kier alpha value is -0.610. The number of nitrogens with zero attached hydrogens (tertiary/aromatic N) is 2. The predicted molar refractivity (Wildman–Crippen MR) is 71.0 cm³/mol. The summed E-state index contributed by atoms with van der Waals surface area (Å²) >= 11 is 0. The highest BCUT2D eigenvalue weighted by Crippen LogP contribution is 2.54. The van der Waals surface area contributed by atoms with E-state index >= 15 is 0 Å². The molecule has 3 rings (SSSR count). The lowest BCUT2D eigenvalue weighted by Gasteiger charge is -2.38. The minimum Gasteiger partial charge on any atom is -0.340 e. The first-order valence-electron chi connectivity index (χ1n) is 7.42. The van der Waals surface area contributed by atoms with Crippen LogP contribution in [-0.4, -0.2) is 54.5 Å². The molecule has 1 amide bonds. The van der Waals surface area contributed by atoms with E-state index in [0.717, 1.165) is 38.0 Å². The van der Waals surface area contributed by atoms with Crippen molar-refractivity contribution in [2.45, 2.75) is 32.2 Å². The minimum absolute atomic E-state index is 0.354. The van der Waals surface area contributed by atoms with Crippen LogP contribution in [0.4, 0.5) is 0 Å². The summed E-state index contributed by atoms with van der Waals surface area (Å²) in [5, 5.41) is 0. The van der Waals surface area contributed by atoms with Crippen LogP contribution in [0.25, 0.3) is 0 Å². The summed E-state index contributed by atoms with van der Waals surface area (Å²) in [6.07, 6.45) is 3.73. The second-order valence-corrected chi connectivity index (χ2v) is 6.37. The summed E-state index contributed by atoms with van der Waals surface area (Å²) in [6.45, 7) is 6.65. The Morgan fingerprint density at radius 1 is 1.17 bits per heavy atom. The van der Waals surface area contributed by atoms with Crippen LogP contribution in [0, 0.1) is 17.8 Å². The fourth-order valence-electron chi connectivity index (χ4n) is 3.71. The van der Waals surface area contributed by atoms with Crippen molar-refractivity contribution in [1.82, 2.24) is 9.80 Å². The van der Waals surface area contributed by atoms with Crippen LogP contribution in [0.15, 0.2) is 0 Å². The third kappa shape index (κ3) is 2.28. The SMILES string of the molecule is CC(CN)N1CCN(C(=O)C2CC3CC3C2)CC1. The lowest BCUT2D eigenvalue weighted by molar-refractivity contribution is -0.137. The van der Waals surface area contributed by atoms with Gasteiger partial charge in [0.05, 0.1) is 0 Å². The molecule has 2 saturated carbocycles. The van der Waals surface area contributed by atoms with Gasteiger partial charge in [0.15, 0.2) is 0 Å². The molecule has 4 nitrogen and oxygen atoms in total. The zero-order chi connectivity index (χ0) is 12.7. The zero-order valence-electron chi connectivity index (χ0n) is 11.3. The molecule has 0 aromatic carbocycles. The van der Waals surface area contributed by atoms with Gasteiger partial charge < -0.3 is 10.6 Å². The Kier molecular flexibility index (Phi) is 3.32. The predicted octanol–water partition coefficient (Wildman–Crippen LogP) is 0.524. The first-order chi connectivity index (χ1) is 8.69. The number of carbonyl (C=O) groups is 1. The second-order valence-electron chi connectivity index (χ2n) is 6.37. The average Bonchev–Trinajstić information content (AvgIpc) is 3.03. The molecular weight excluding hydrogens is 226 g/mol. The number of hydrogen-bond acceptors (Lipinski definition) is 3. The molecule has 4 heteroatoms. The van der Waals surface area contributed by atoms with Crippen LogP contribution in [0.3, 0.4) is 0 Å². The molecule has 3 fully saturated rings. The van der Waals surface area contributed by atoms with Crippen LogP contribution >= 0.6 is 0 Å². The number of amides is 1. The van der Waals surface area contributed by atoms with E-state index in [-0.39, 0.29) is 0 Å². The van der Waals surface area contributed by atoms with E-state index in [1.165, 1.54) is 19.3 Å². The summed E-state index contributed by atoms with van der Waals surface area (Å²) in [5.74, 6) is 2.59. The first-order valence-corrected chi connectivity index (χ1v) is 7.42. The molecule has 1 saturated heterocycles. The van der Waals surface area contributed by atoms with Gasteiger partial charge in [-0.15, -0.1) is 0 Å². The van der Waals surface area contributed by atoms with Crippen molar-refractivity contribution < 1.29 is 4.79 Å². The number of nitrogens with two attached hydrogens (primary N) is 1. The monoisotopic (exact) mass is 251 g/mol. The number of piperazine rings is 1. The molecule has 0 aromatic heterocycles. The maximum absolute atomic E-state index is 12.4. The van der Waals surface area contributed by atoms with Gasteiger partial charge >= 0.3 is 0 Å². The zero-order valence-corrected chi connectivity index (χ0v) is 11.3. The molecule has 2 N–H and O–H groups in total. The summed E-state index contributed by atoms with van der Waals surface area (Å²) < 4.78 is 0. The van der Waals surface area contributed by atoms with Crippen molar-refractivity contribution in [2.24, 2.45) is 23.5 Å². The molecule has 1 aliphatic heterocycles. The maximum Gasteiger partial charge on any atom is 0.225 e. The summed E-state index contributed by atoms with van der Waals surface area (Å²) in [5.41, 5.74) is 5.69. The third-order valence-corrected chi connectivity index (χ3v) is 5.18. The van der Waals surface area contributed by atoms with Crippen LogP contribution in [0.1, 0.15) is 26.2 Å². The van der Waals surface area contributed by atoms with Crippen molar-refractivity contribution in [3.63, 3.8) is 0 Å². The normalized spacial score (nSPS) is 37.4. The van der Waals surface area contributed by atoms with Gasteiger partial charge in [-0.05, 0) is 38.0 Å². The van der Waals surface area contributed by atoms with Gasteiger partial charge in [0.25, 0.3) is 0 Å². The molecule has 18 heavy (non-hydrogen) atoms. The fraction of sp³-hybridized carbons (Fsp3) is 0.929. The Morgan fingerprint density at radius 2 is 1.78 bits per heavy atom. The van der Waals surface area contributed by atoms with Gasteiger partial charge in [-0.25, -0.2) is 0 Å². The Balaban J connectivity index is 1.48. The van der Waals surface area contributed by atoms with Crippen molar-refractivity contribution >= 4 is 5.91 Å². The van der Waals surface area contributed by atoms with Crippen molar-refractivity contribution in [3.8, 4) is 0 Å². The Labute approximate surface area is 109 Å². The summed E-state index contributed by atoms with van der Waals surface area (Å²) in [6, 6.07) is 0.446. The molecule has 0 aromatic rings. The molecule has 3 unspecified atom stereocenters. The number of rotatable bonds is 3. The number of carbonyl (C=O) groups excluding carboxylic acids is 1. The molecule has 0 bridgehead atoms. The van der Waals surface area contributed by atoms with E-state index in [2.05, 4.69) is 16.7 Å². The van der Waals surface area contributed by atoms with E-state index in [1.807, 2.05) is 0 Å². The second kappa shape index (κ2) is 4.82. The molecule has 102 valence electrons. The minimum atomic E-state index is 0.354. The largest absolute Gasteiger partial charge is 0.340 e. The van der Waals surface area contributed by atoms with Gasteiger partial charge in [0.2, 0.25) is 5.91 Å². The van der Waals surface area contributed by atoms with E-state index < -0.39 is 0 Å². The highest BCUT2D eigenvalue weighted by atomic mass is 16.2. The molecule has 0 spiro atoms. The maximum atomic E-state index is 12.4. The van der Waals surface area contributed by atoms with E-state index in [4.69, 9.17) is 5.73 Å². The highest BCUT2D eigenvalue weighted by molar-refractivity contribution is 5.79. The first kappa shape index (κ1) is 12.4. The van der Waals surface area contributed by atoms with Gasteiger partial charge in [0.1, 0.15) is 0 Å². The quantitative estimate of drug-likeness (QED) is 0.796. The third-order valence-electron chi connectivity index (χ3n) is 5.18. The molecule has 3 atom stereocenters. The van der Waals surface area contributed by atoms with E-state index in [1.54, 1.807) is 0 Å². The molecule has 2 aliphatic carbocycles. The van der Waals surface area contributed by atoms with Gasteiger partial charge in [-0.2, -0.15) is 0 Å². The fourth-order valence-corrected chi connectivity index (χ4v) is 3.71.